The van der Waals surface area contributed by atoms with E-state index in [1.54, 1.807) is 0 Å². The highest BCUT2D eigenvalue weighted by Gasteiger charge is 2.37. The molecule has 1 atom stereocenters. The second-order valence-corrected chi connectivity index (χ2v) is 10.8. The zero-order valence-corrected chi connectivity index (χ0v) is 21.4. The molecule has 1 aliphatic carbocycles. The van der Waals surface area contributed by atoms with Gasteiger partial charge in [0.25, 0.3) is 10.0 Å². The van der Waals surface area contributed by atoms with Gasteiger partial charge >= 0.3 is 11.9 Å². The third-order valence-corrected chi connectivity index (χ3v) is 8.25. The van der Waals surface area contributed by atoms with Crippen LogP contribution in [-0.2, 0) is 27.8 Å². The second kappa shape index (κ2) is 9.80. The molecular formula is C26H21F3N2O7S. The van der Waals surface area contributed by atoms with Gasteiger partial charge in [-0.25, -0.2) is 35.2 Å². The van der Waals surface area contributed by atoms with Crippen LogP contribution >= 0.6 is 0 Å². The Hall–Kier alpha value is -4.26. The summed E-state index contributed by atoms with van der Waals surface area (Å²) in [6, 6.07) is 6.45. The van der Waals surface area contributed by atoms with Crippen LogP contribution in [0.4, 0.5) is 18.0 Å². The number of rotatable bonds is 6. The van der Waals surface area contributed by atoms with Crippen molar-refractivity contribution in [3.05, 3.63) is 99.4 Å². The van der Waals surface area contributed by atoms with Crippen molar-refractivity contribution in [2.45, 2.75) is 37.3 Å². The lowest BCUT2D eigenvalue weighted by atomic mass is 10.1. The number of carbonyl (C=O) groups is 1. The third kappa shape index (κ3) is 4.73. The van der Waals surface area contributed by atoms with E-state index >= 15 is 0 Å². The fourth-order valence-electron chi connectivity index (χ4n) is 4.68. The summed E-state index contributed by atoms with van der Waals surface area (Å²) in [5.41, 5.74) is 0.613. The lowest BCUT2D eigenvalue weighted by Crippen LogP contribution is -2.30. The molecule has 0 saturated carbocycles. The lowest BCUT2D eigenvalue weighted by molar-refractivity contribution is 0.0844. The van der Waals surface area contributed by atoms with Gasteiger partial charge in [-0.2, -0.15) is 0 Å². The molecule has 2 aromatic heterocycles. The van der Waals surface area contributed by atoms with E-state index in [4.69, 9.17) is 13.6 Å². The van der Waals surface area contributed by atoms with E-state index in [0.29, 0.717) is 23.6 Å². The van der Waals surface area contributed by atoms with Crippen LogP contribution in [0.15, 0.2) is 67.2 Å². The third-order valence-electron chi connectivity index (χ3n) is 6.59. The summed E-state index contributed by atoms with van der Waals surface area (Å²) < 4.78 is 85.4. The van der Waals surface area contributed by atoms with Crippen LogP contribution in [0, 0.1) is 24.4 Å². The molecule has 0 fully saturated rings. The Labute approximate surface area is 220 Å². The van der Waals surface area contributed by atoms with Crippen molar-refractivity contribution in [2.24, 2.45) is 0 Å². The van der Waals surface area contributed by atoms with Crippen molar-refractivity contribution >= 4 is 16.1 Å². The molecule has 1 aliphatic rings. The van der Waals surface area contributed by atoms with Gasteiger partial charge in [0, 0.05) is 24.9 Å². The quantitative estimate of drug-likeness (QED) is 0.328. The Morgan fingerprint density at radius 1 is 1.13 bits per heavy atom. The Kier molecular flexibility index (Phi) is 6.62. The number of aromatic nitrogens is 1. The van der Waals surface area contributed by atoms with Crippen LogP contribution in [0.5, 0.6) is 0 Å². The predicted molar refractivity (Wildman–Crippen MR) is 130 cm³/mol. The van der Waals surface area contributed by atoms with Crippen LogP contribution in [-0.4, -0.2) is 30.4 Å². The van der Waals surface area contributed by atoms with E-state index in [9.17, 15) is 31.2 Å². The number of benzene rings is 2. The molecule has 13 heteroatoms. The highest BCUT2D eigenvalue weighted by atomic mass is 32.2. The van der Waals surface area contributed by atoms with Gasteiger partial charge in [0.1, 0.15) is 17.5 Å². The Morgan fingerprint density at radius 2 is 1.87 bits per heavy atom. The van der Waals surface area contributed by atoms with Gasteiger partial charge in [-0.05, 0) is 61.2 Å². The summed E-state index contributed by atoms with van der Waals surface area (Å²) in [6.45, 7) is 1.10. The molecule has 2 heterocycles. The molecule has 4 aromatic rings. The molecule has 2 aromatic carbocycles. The average molecular weight is 563 g/mol. The first-order valence-corrected chi connectivity index (χ1v) is 13.1. The average Bonchev–Trinajstić information content (AvgIpc) is 3.55. The molecule has 39 heavy (non-hydrogen) atoms. The first kappa shape index (κ1) is 26.4. The number of hydrogen-bond acceptors (Lipinski definition) is 7. The van der Waals surface area contributed by atoms with Crippen LogP contribution in [0.3, 0.4) is 0 Å². The van der Waals surface area contributed by atoms with Gasteiger partial charge < -0.3 is 18.5 Å². The van der Waals surface area contributed by atoms with Gasteiger partial charge in [0.2, 0.25) is 0 Å². The molecule has 0 radical (unpaired) electrons. The summed E-state index contributed by atoms with van der Waals surface area (Å²) in [4.78, 5) is 24.9. The monoisotopic (exact) mass is 562 g/mol. The number of fused-ring (bicyclic) bond motifs is 1. The largest absolute Gasteiger partial charge is 0.519 e. The minimum Gasteiger partial charge on any atom is -0.441 e. The van der Waals surface area contributed by atoms with Gasteiger partial charge in [-0.15, -0.1) is 0 Å². The molecule has 5 rings (SSSR count). The number of amides is 1. The minimum absolute atomic E-state index is 0.0373. The van der Waals surface area contributed by atoms with Crippen molar-refractivity contribution in [1.29, 1.82) is 0 Å². The molecule has 0 N–H and O–H groups in total. The van der Waals surface area contributed by atoms with Crippen LogP contribution in [0.25, 0.3) is 11.3 Å². The summed E-state index contributed by atoms with van der Waals surface area (Å²) >= 11 is 0. The SMILES string of the molecule is Cc1oc(=O)oc1COC(=O)N(C)C1CCc2c1cn(S(=O)(=O)c1cccc(F)c1)c2-c1ccc(F)cc1F. The molecule has 1 amide bonds. The summed E-state index contributed by atoms with van der Waals surface area (Å²) in [6.07, 6.45) is 1.07. The zero-order chi connectivity index (χ0) is 28.1. The first-order valence-electron chi connectivity index (χ1n) is 11.7. The molecule has 9 nitrogen and oxygen atoms in total. The maximum atomic E-state index is 15.0. The van der Waals surface area contributed by atoms with Gasteiger partial charge in [0.15, 0.2) is 18.1 Å². The smallest absolute Gasteiger partial charge is 0.441 e. The van der Waals surface area contributed by atoms with Crippen LogP contribution < -0.4 is 5.82 Å². The number of halogens is 3. The van der Waals surface area contributed by atoms with Crippen molar-refractivity contribution in [3.63, 3.8) is 0 Å². The molecule has 0 spiro atoms. The maximum absolute atomic E-state index is 15.0. The van der Waals surface area contributed by atoms with E-state index in [0.717, 1.165) is 28.2 Å². The molecule has 0 bridgehead atoms. The van der Waals surface area contributed by atoms with E-state index in [2.05, 4.69) is 0 Å². The van der Waals surface area contributed by atoms with E-state index in [-0.39, 0.29) is 40.7 Å². The molecular weight excluding hydrogens is 541 g/mol. The van der Waals surface area contributed by atoms with Gasteiger partial charge in [-0.1, -0.05) is 6.07 Å². The number of carbonyl (C=O) groups excluding carboxylic acids is 1. The molecule has 0 saturated heterocycles. The Morgan fingerprint density at radius 3 is 2.54 bits per heavy atom. The minimum atomic E-state index is -4.43. The Bertz CT molecular complexity index is 1760. The molecule has 0 aliphatic heterocycles. The number of aryl methyl sites for hydroxylation is 1. The normalized spacial score (nSPS) is 14.8. The maximum Gasteiger partial charge on any atom is 0.519 e. The number of nitrogens with zero attached hydrogens (tertiary/aromatic N) is 2. The van der Waals surface area contributed by atoms with E-state index < -0.39 is 45.4 Å². The molecule has 1 unspecified atom stereocenters. The molecule has 204 valence electrons. The lowest BCUT2D eigenvalue weighted by Gasteiger charge is -2.24. The highest BCUT2D eigenvalue weighted by molar-refractivity contribution is 7.90. The predicted octanol–water partition coefficient (Wildman–Crippen LogP) is 4.92. The van der Waals surface area contributed by atoms with Crippen LogP contribution in [0.1, 0.15) is 35.1 Å². The highest BCUT2D eigenvalue weighted by Crippen LogP contribution is 2.44. The fourth-order valence-corrected chi connectivity index (χ4v) is 6.12. The summed E-state index contributed by atoms with van der Waals surface area (Å²) in [5.74, 6) is -3.36. The van der Waals surface area contributed by atoms with Crippen molar-refractivity contribution in [2.75, 3.05) is 7.05 Å². The first-order chi connectivity index (χ1) is 18.5. The summed E-state index contributed by atoms with van der Waals surface area (Å²) in [7, 11) is -2.99. The second-order valence-electron chi connectivity index (χ2n) is 8.95. The topological polar surface area (TPSA) is 112 Å². The van der Waals surface area contributed by atoms with Gasteiger partial charge in [-0.3, -0.25) is 0 Å². The number of ether oxygens (including phenoxy) is 1. The zero-order valence-electron chi connectivity index (χ0n) is 20.6. The van der Waals surface area contributed by atoms with Crippen LogP contribution in [0.2, 0.25) is 0 Å². The standard InChI is InChI=1S/C26H21F3N2O7S/c1-14-23(38-26(33)37-14)13-36-25(32)30(2)22-9-8-18-20(22)12-31(24(18)19-7-6-16(28)11-21(19)29)39(34,35)17-5-3-4-15(27)10-17/h3-7,10-12,22H,8-9,13H2,1-2H3. The number of hydrogen-bond donors (Lipinski definition) is 0. The Balaban J connectivity index is 1.55. The summed E-state index contributed by atoms with van der Waals surface area (Å²) in [5, 5.41) is 0. The van der Waals surface area contributed by atoms with E-state index in [1.807, 2.05) is 0 Å². The van der Waals surface area contributed by atoms with E-state index in [1.165, 1.54) is 37.2 Å². The van der Waals surface area contributed by atoms with Crippen molar-refractivity contribution in [3.8, 4) is 11.3 Å². The van der Waals surface area contributed by atoms with Crippen molar-refractivity contribution in [1.82, 2.24) is 8.87 Å². The fraction of sp³-hybridized carbons (Fsp3) is 0.231. The van der Waals surface area contributed by atoms with Crippen molar-refractivity contribution < 1.29 is 40.0 Å². The van der Waals surface area contributed by atoms with Gasteiger partial charge in [0.05, 0.1) is 16.6 Å².